The maximum Gasteiger partial charge on any atom is 0.412 e. The number of H-pyrrole nitrogens is 1. The van der Waals surface area contributed by atoms with Crippen LogP contribution >= 0.6 is 0 Å². The minimum Gasteiger partial charge on any atom is -0.497 e. The third-order valence-electron chi connectivity index (χ3n) is 4.44. The Kier molecular flexibility index (Phi) is 6.73. The van der Waals surface area contributed by atoms with Crippen LogP contribution in [0.4, 0.5) is 10.5 Å². The summed E-state index contributed by atoms with van der Waals surface area (Å²) in [6.45, 7) is 2.25. The zero-order valence-electron chi connectivity index (χ0n) is 16.8. The molecular formula is C22H25N3O4. The van der Waals surface area contributed by atoms with E-state index in [-0.39, 0.29) is 6.61 Å². The number of nitrogens with zero attached hydrogens (tertiary/aromatic N) is 1. The first kappa shape index (κ1) is 20.3. The number of aromatic amines is 1. The van der Waals surface area contributed by atoms with Gasteiger partial charge < -0.3 is 14.2 Å². The average molecular weight is 395 g/mol. The molecule has 0 unspecified atom stereocenters. The molecule has 0 saturated heterocycles. The van der Waals surface area contributed by atoms with E-state index in [2.05, 4.69) is 22.4 Å². The normalized spacial score (nSPS) is 10.4. The van der Waals surface area contributed by atoms with Gasteiger partial charge in [-0.2, -0.15) is 5.10 Å². The van der Waals surface area contributed by atoms with E-state index >= 15 is 0 Å². The molecule has 0 aliphatic rings. The molecule has 0 fully saturated rings. The van der Waals surface area contributed by atoms with Crippen LogP contribution in [0.5, 0.6) is 11.5 Å². The molecule has 1 heterocycles. The van der Waals surface area contributed by atoms with Crippen molar-refractivity contribution < 1.29 is 19.0 Å². The van der Waals surface area contributed by atoms with Crippen molar-refractivity contribution in [1.29, 1.82) is 0 Å². The van der Waals surface area contributed by atoms with E-state index in [1.807, 2.05) is 42.5 Å². The van der Waals surface area contributed by atoms with Gasteiger partial charge in [-0.05, 0) is 30.2 Å². The quantitative estimate of drug-likeness (QED) is 0.572. The number of aromatic nitrogens is 2. The van der Waals surface area contributed by atoms with Crippen molar-refractivity contribution in [2.45, 2.75) is 26.4 Å². The Morgan fingerprint density at radius 2 is 1.90 bits per heavy atom. The standard InChI is InChI=1S/C22H25N3O4/c1-4-8-18-21(23-22(26)29-14-15-9-6-5-7-10-15)20(25-24-18)17-13-16(27-2)11-12-19(17)28-3/h5-7,9-13H,4,8,14H2,1-3H3,(H,23,26)(H,24,25). The number of aryl methyl sites for hydroxylation is 1. The predicted molar refractivity (Wildman–Crippen MR) is 111 cm³/mol. The summed E-state index contributed by atoms with van der Waals surface area (Å²) in [5.74, 6) is 1.29. The number of methoxy groups -OCH3 is 2. The first-order valence-corrected chi connectivity index (χ1v) is 9.43. The zero-order chi connectivity index (χ0) is 20.6. The molecule has 29 heavy (non-hydrogen) atoms. The van der Waals surface area contributed by atoms with Crippen LogP contribution in [-0.2, 0) is 17.8 Å². The van der Waals surface area contributed by atoms with Crippen LogP contribution in [0.2, 0.25) is 0 Å². The Hall–Kier alpha value is -3.48. The van der Waals surface area contributed by atoms with Gasteiger partial charge in [-0.25, -0.2) is 4.79 Å². The SMILES string of the molecule is CCCc1[nH]nc(-c2cc(OC)ccc2OC)c1NC(=O)OCc1ccccc1. The summed E-state index contributed by atoms with van der Waals surface area (Å²) < 4.78 is 16.2. The van der Waals surface area contributed by atoms with Gasteiger partial charge in [0.15, 0.2) is 0 Å². The molecule has 0 atom stereocenters. The molecule has 3 aromatic rings. The van der Waals surface area contributed by atoms with Crippen LogP contribution < -0.4 is 14.8 Å². The number of anilines is 1. The van der Waals surface area contributed by atoms with Crippen molar-refractivity contribution in [2.24, 2.45) is 0 Å². The molecule has 0 saturated carbocycles. The highest BCUT2D eigenvalue weighted by molar-refractivity contribution is 5.92. The smallest absolute Gasteiger partial charge is 0.412 e. The topological polar surface area (TPSA) is 85.5 Å². The molecule has 152 valence electrons. The Morgan fingerprint density at radius 1 is 1.10 bits per heavy atom. The fraction of sp³-hybridized carbons (Fsp3) is 0.273. The van der Waals surface area contributed by atoms with E-state index in [1.54, 1.807) is 20.3 Å². The van der Waals surface area contributed by atoms with E-state index in [4.69, 9.17) is 14.2 Å². The number of carbonyl (C=O) groups excluding carboxylic acids is 1. The lowest BCUT2D eigenvalue weighted by Gasteiger charge is -2.12. The van der Waals surface area contributed by atoms with Gasteiger partial charge in [-0.15, -0.1) is 0 Å². The predicted octanol–water partition coefficient (Wildman–Crippen LogP) is 4.80. The van der Waals surface area contributed by atoms with Crippen molar-refractivity contribution in [1.82, 2.24) is 10.2 Å². The number of amides is 1. The summed E-state index contributed by atoms with van der Waals surface area (Å²) in [4.78, 5) is 12.5. The number of hydrogen-bond acceptors (Lipinski definition) is 5. The molecule has 3 rings (SSSR count). The lowest BCUT2D eigenvalue weighted by Crippen LogP contribution is -2.15. The molecule has 1 aromatic heterocycles. The van der Waals surface area contributed by atoms with Crippen LogP contribution in [-0.4, -0.2) is 30.5 Å². The number of hydrogen-bond donors (Lipinski definition) is 2. The van der Waals surface area contributed by atoms with Gasteiger partial charge >= 0.3 is 6.09 Å². The number of rotatable bonds is 8. The Labute approximate surface area is 170 Å². The van der Waals surface area contributed by atoms with Crippen molar-refractivity contribution in [3.8, 4) is 22.8 Å². The molecule has 0 aliphatic heterocycles. The summed E-state index contributed by atoms with van der Waals surface area (Å²) in [5.41, 5.74) is 3.60. The van der Waals surface area contributed by atoms with Gasteiger partial charge in [-0.1, -0.05) is 43.7 Å². The van der Waals surface area contributed by atoms with Crippen molar-refractivity contribution in [3.05, 3.63) is 59.8 Å². The van der Waals surface area contributed by atoms with E-state index in [0.29, 0.717) is 28.4 Å². The first-order valence-electron chi connectivity index (χ1n) is 9.43. The van der Waals surface area contributed by atoms with Crippen molar-refractivity contribution in [3.63, 3.8) is 0 Å². The highest BCUT2D eigenvalue weighted by Crippen LogP contribution is 2.38. The van der Waals surface area contributed by atoms with Crippen LogP contribution in [0.3, 0.4) is 0 Å². The first-order chi connectivity index (χ1) is 14.2. The fourth-order valence-corrected chi connectivity index (χ4v) is 3.00. The molecule has 0 spiro atoms. The lowest BCUT2D eigenvalue weighted by atomic mass is 10.1. The van der Waals surface area contributed by atoms with Crippen LogP contribution in [0, 0.1) is 0 Å². The van der Waals surface area contributed by atoms with Gasteiger partial charge in [0.2, 0.25) is 0 Å². The number of nitrogens with one attached hydrogen (secondary N) is 2. The number of carbonyl (C=O) groups is 1. The number of ether oxygens (including phenoxy) is 3. The van der Waals surface area contributed by atoms with Gasteiger partial charge in [0.25, 0.3) is 0 Å². The van der Waals surface area contributed by atoms with Gasteiger partial charge in [0.05, 0.1) is 25.6 Å². The Balaban J connectivity index is 1.88. The molecule has 2 N–H and O–H groups in total. The Morgan fingerprint density at radius 3 is 2.59 bits per heavy atom. The molecular weight excluding hydrogens is 370 g/mol. The summed E-state index contributed by atoms with van der Waals surface area (Å²) in [7, 11) is 3.19. The Bertz CT molecular complexity index is 954. The molecule has 7 heteroatoms. The lowest BCUT2D eigenvalue weighted by molar-refractivity contribution is 0.155. The van der Waals surface area contributed by atoms with E-state index < -0.39 is 6.09 Å². The van der Waals surface area contributed by atoms with Gasteiger partial charge in [0.1, 0.15) is 23.8 Å². The monoisotopic (exact) mass is 395 g/mol. The highest BCUT2D eigenvalue weighted by Gasteiger charge is 2.21. The second-order valence-electron chi connectivity index (χ2n) is 6.43. The minimum atomic E-state index is -0.546. The van der Waals surface area contributed by atoms with Gasteiger partial charge in [-0.3, -0.25) is 10.4 Å². The van der Waals surface area contributed by atoms with E-state index in [1.165, 1.54) is 0 Å². The molecule has 1 amide bonds. The molecule has 0 bridgehead atoms. The second kappa shape index (κ2) is 9.64. The van der Waals surface area contributed by atoms with E-state index in [9.17, 15) is 4.79 Å². The van der Waals surface area contributed by atoms with Crippen molar-refractivity contribution in [2.75, 3.05) is 19.5 Å². The maximum atomic E-state index is 12.5. The minimum absolute atomic E-state index is 0.186. The fourth-order valence-electron chi connectivity index (χ4n) is 3.00. The average Bonchev–Trinajstić information content (AvgIpc) is 3.14. The molecule has 0 aliphatic carbocycles. The number of benzene rings is 2. The molecule has 0 radical (unpaired) electrons. The van der Waals surface area contributed by atoms with E-state index in [0.717, 1.165) is 24.1 Å². The largest absolute Gasteiger partial charge is 0.497 e. The van der Waals surface area contributed by atoms with Gasteiger partial charge in [0, 0.05) is 5.56 Å². The molecule has 7 nitrogen and oxygen atoms in total. The molecule has 2 aromatic carbocycles. The third-order valence-corrected chi connectivity index (χ3v) is 4.44. The van der Waals surface area contributed by atoms with Crippen molar-refractivity contribution >= 4 is 11.8 Å². The van der Waals surface area contributed by atoms with Crippen LogP contribution in [0.15, 0.2) is 48.5 Å². The summed E-state index contributed by atoms with van der Waals surface area (Å²) in [6.07, 6.45) is 1.08. The zero-order valence-corrected chi connectivity index (χ0v) is 16.8. The maximum absolute atomic E-state index is 12.5. The summed E-state index contributed by atoms with van der Waals surface area (Å²) in [5, 5.41) is 10.3. The summed E-state index contributed by atoms with van der Waals surface area (Å²) in [6, 6.07) is 15.0. The van der Waals surface area contributed by atoms with Crippen LogP contribution in [0.25, 0.3) is 11.3 Å². The second-order valence-corrected chi connectivity index (χ2v) is 6.43. The van der Waals surface area contributed by atoms with Crippen LogP contribution in [0.1, 0.15) is 24.6 Å². The highest BCUT2D eigenvalue weighted by atomic mass is 16.5. The third kappa shape index (κ3) is 4.87. The summed E-state index contributed by atoms with van der Waals surface area (Å²) >= 11 is 0.